The summed E-state index contributed by atoms with van der Waals surface area (Å²) in [7, 11) is 0. The Labute approximate surface area is 123 Å². The minimum absolute atomic E-state index is 0.0504. The maximum Gasteiger partial charge on any atom is 0.0777 e. The van der Waals surface area contributed by atoms with E-state index in [0.717, 1.165) is 13.0 Å². The van der Waals surface area contributed by atoms with E-state index in [-0.39, 0.29) is 17.6 Å². The summed E-state index contributed by atoms with van der Waals surface area (Å²) in [6, 6.07) is 6.94. The largest absolute Gasteiger partial charge is 0.376 e. The molecule has 1 aliphatic carbocycles. The Kier molecular flexibility index (Phi) is 4.87. The van der Waals surface area contributed by atoms with Crippen molar-refractivity contribution in [3.63, 3.8) is 0 Å². The Balaban J connectivity index is 2.07. The Morgan fingerprint density at radius 3 is 2.55 bits per heavy atom. The lowest BCUT2D eigenvalue weighted by Gasteiger charge is -2.35. The van der Waals surface area contributed by atoms with E-state index in [0.29, 0.717) is 0 Å². The molecular weight excluding hydrogens is 246 g/mol. The van der Waals surface area contributed by atoms with Crippen molar-refractivity contribution in [1.29, 1.82) is 0 Å². The lowest BCUT2D eigenvalue weighted by atomic mass is 9.82. The summed E-state index contributed by atoms with van der Waals surface area (Å²) in [4.78, 5) is 0. The smallest absolute Gasteiger partial charge is 0.0777 e. The summed E-state index contributed by atoms with van der Waals surface area (Å²) in [6.07, 6.45) is 4.77. The average molecular weight is 275 g/mol. The third-order valence-electron chi connectivity index (χ3n) is 4.22. The van der Waals surface area contributed by atoms with E-state index in [1.54, 1.807) is 0 Å². The highest BCUT2D eigenvalue weighted by molar-refractivity contribution is 5.35. The first kappa shape index (κ1) is 15.5. The van der Waals surface area contributed by atoms with E-state index in [1.807, 2.05) is 6.92 Å². The highest BCUT2D eigenvalue weighted by Gasteiger charge is 2.30. The van der Waals surface area contributed by atoms with Crippen molar-refractivity contribution in [2.45, 2.75) is 65.5 Å². The molecule has 2 rings (SSSR count). The first-order valence-corrected chi connectivity index (χ1v) is 7.89. The second-order valence-electron chi connectivity index (χ2n) is 7.07. The molecular formula is C18H29NO. The van der Waals surface area contributed by atoms with Gasteiger partial charge in [0.15, 0.2) is 0 Å². The van der Waals surface area contributed by atoms with Crippen molar-refractivity contribution >= 4 is 0 Å². The molecule has 0 fully saturated rings. The summed E-state index contributed by atoms with van der Waals surface area (Å²) in [5.74, 6) is 0. The molecule has 0 radical (unpaired) electrons. The van der Waals surface area contributed by atoms with E-state index >= 15 is 0 Å². The molecule has 2 atom stereocenters. The van der Waals surface area contributed by atoms with Crippen LogP contribution in [0.4, 0.5) is 0 Å². The van der Waals surface area contributed by atoms with Crippen LogP contribution in [0.25, 0.3) is 0 Å². The maximum absolute atomic E-state index is 6.44. The van der Waals surface area contributed by atoms with Crippen LogP contribution in [-0.4, -0.2) is 18.8 Å². The van der Waals surface area contributed by atoms with Crippen LogP contribution in [0.5, 0.6) is 0 Å². The number of hydrogen-bond donors (Lipinski definition) is 1. The van der Waals surface area contributed by atoms with E-state index in [1.165, 1.54) is 36.0 Å². The van der Waals surface area contributed by atoms with Crippen molar-refractivity contribution in [2.75, 3.05) is 6.61 Å². The summed E-state index contributed by atoms with van der Waals surface area (Å²) in [5.41, 5.74) is 10.9. The third kappa shape index (κ3) is 3.62. The van der Waals surface area contributed by atoms with E-state index in [9.17, 15) is 0 Å². The predicted molar refractivity (Wildman–Crippen MR) is 85.0 cm³/mol. The SMILES string of the molecule is CCOC(C(N)Cc1ccc2c(c1)CCC2)C(C)(C)C. The van der Waals surface area contributed by atoms with Gasteiger partial charge >= 0.3 is 0 Å². The number of ether oxygens (including phenoxy) is 1. The lowest BCUT2D eigenvalue weighted by molar-refractivity contribution is -0.0274. The number of fused-ring (bicyclic) bond motifs is 1. The molecule has 112 valence electrons. The summed E-state index contributed by atoms with van der Waals surface area (Å²) in [5, 5.41) is 0. The van der Waals surface area contributed by atoms with Gasteiger partial charge in [-0.25, -0.2) is 0 Å². The minimum Gasteiger partial charge on any atom is -0.376 e. The van der Waals surface area contributed by atoms with Crippen molar-refractivity contribution < 1.29 is 4.74 Å². The molecule has 2 heteroatoms. The molecule has 1 aliphatic rings. The molecule has 0 bridgehead atoms. The Morgan fingerprint density at radius 2 is 1.90 bits per heavy atom. The lowest BCUT2D eigenvalue weighted by Crippen LogP contribution is -2.46. The zero-order valence-corrected chi connectivity index (χ0v) is 13.4. The first-order chi connectivity index (χ1) is 9.41. The van der Waals surface area contributed by atoms with Crippen LogP contribution in [0.15, 0.2) is 18.2 Å². The van der Waals surface area contributed by atoms with E-state index in [4.69, 9.17) is 10.5 Å². The standard InChI is InChI=1S/C18H29NO/c1-5-20-17(18(2,3)4)16(19)12-13-9-10-14-7-6-8-15(14)11-13/h9-11,16-17H,5-8,12,19H2,1-4H3. The second-order valence-corrected chi connectivity index (χ2v) is 7.07. The Morgan fingerprint density at radius 1 is 1.20 bits per heavy atom. The van der Waals surface area contributed by atoms with Gasteiger partial charge in [-0.15, -0.1) is 0 Å². The molecule has 1 aromatic rings. The van der Waals surface area contributed by atoms with Gasteiger partial charge in [-0.1, -0.05) is 39.0 Å². The zero-order valence-electron chi connectivity index (χ0n) is 13.4. The molecule has 0 aliphatic heterocycles. The number of nitrogens with two attached hydrogens (primary N) is 1. The van der Waals surface area contributed by atoms with E-state index < -0.39 is 0 Å². The molecule has 0 spiro atoms. The molecule has 0 amide bonds. The van der Waals surface area contributed by atoms with Crippen LogP contribution < -0.4 is 5.73 Å². The highest BCUT2D eigenvalue weighted by Crippen LogP contribution is 2.27. The van der Waals surface area contributed by atoms with Crippen molar-refractivity contribution in [3.05, 3.63) is 34.9 Å². The molecule has 0 saturated heterocycles. The highest BCUT2D eigenvalue weighted by atomic mass is 16.5. The van der Waals surface area contributed by atoms with Gasteiger partial charge in [0.1, 0.15) is 0 Å². The fraction of sp³-hybridized carbons (Fsp3) is 0.667. The van der Waals surface area contributed by atoms with Gasteiger partial charge in [-0.3, -0.25) is 0 Å². The molecule has 0 heterocycles. The van der Waals surface area contributed by atoms with E-state index in [2.05, 4.69) is 39.0 Å². The fourth-order valence-electron chi connectivity index (χ4n) is 3.33. The normalized spacial score (nSPS) is 17.9. The number of aryl methyl sites for hydroxylation is 2. The Hall–Kier alpha value is -0.860. The molecule has 0 saturated carbocycles. The summed E-state index contributed by atoms with van der Waals surface area (Å²) < 4.78 is 5.91. The first-order valence-electron chi connectivity index (χ1n) is 7.89. The van der Waals surface area contributed by atoms with Gasteiger partial charge in [0, 0.05) is 12.6 Å². The quantitative estimate of drug-likeness (QED) is 0.892. The molecule has 20 heavy (non-hydrogen) atoms. The van der Waals surface area contributed by atoms with Gasteiger partial charge in [-0.2, -0.15) is 0 Å². The zero-order chi connectivity index (χ0) is 14.8. The van der Waals surface area contributed by atoms with Crippen molar-refractivity contribution in [1.82, 2.24) is 0 Å². The minimum atomic E-state index is 0.0504. The molecule has 2 N–H and O–H groups in total. The van der Waals surface area contributed by atoms with Gasteiger partial charge in [0.2, 0.25) is 0 Å². The average Bonchev–Trinajstić information content (AvgIpc) is 2.81. The molecule has 2 nitrogen and oxygen atoms in total. The maximum atomic E-state index is 6.44. The van der Waals surface area contributed by atoms with Crippen LogP contribution in [0.2, 0.25) is 0 Å². The topological polar surface area (TPSA) is 35.2 Å². The van der Waals surface area contributed by atoms with Gasteiger partial charge in [0.05, 0.1) is 6.10 Å². The third-order valence-corrected chi connectivity index (χ3v) is 4.22. The van der Waals surface area contributed by atoms with Crippen LogP contribution >= 0.6 is 0 Å². The van der Waals surface area contributed by atoms with Crippen LogP contribution in [0.1, 0.15) is 50.8 Å². The molecule has 0 aromatic heterocycles. The van der Waals surface area contributed by atoms with Gasteiger partial charge in [0.25, 0.3) is 0 Å². The summed E-state index contributed by atoms with van der Waals surface area (Å²) in [6.45, 7) is 9.38. The number of rotatable bonds is 5. The Bertz CT molecular complexity index is 447. The number of benzene rings is 1. The van der Waals surface area contributed by atoms with Gasteiger partial charge in [-0.05, 0) is 54.7 Å². The molecule has 1 aromatic carbocycles. The molecule has 2 unspecified atom stereocenters. The summed E-state index contributed by atoms with van der Waals surface area (Å²) >= 11 is 0. The fourth-order valence-corrected chi connectivity index (χ4v) is 3.33. The van der Waals surface area contributed by atoms with Gasteiger partial charge < -0.3 is 10.5 Å². The second kappa shape index (κ2) is 6.28. The predicted octanol–water partition coefficient (Wildman–Crippen LogP) is 3.50. The monoisotopic (exact) mass is 275 g/mol. The van der Waals surface area contributed by atoms with Crippen LogP contribution in [0, 0.1) is 5.41 Å². The van der Waals surface area contributed by atoms with Crippen molar-refractivity contribution in [2.24, 2.45) is 11.1 Å². The van der Waals surface area contributed by atoms with Crippen LogP contribution in [-0.2, 0) is 24.0 Å². The van der Waals surface area contributed by atoms with Crippen molar-refractivity contribution in [3.8, 4) is 0 Å². The number of hydrogen-bond acceptors (Lipinski definition) is 2. The van der Waals surface area contributed by atoms with Crippen LogP contribution in [0.3, 0.4) is 0 Å².